The van der Waals surface area contributed by atoms with E-state index in [9.17, 15) is 43.2 Å². The van der Waals surface area contributed by atoms with E-state index >= 15 is 0 Å². The highest BCUT2D eigenvalue weighted by Crippen LogP contribution is 2.20. The van der Waals surface area contributed by atoms with E-state index in [0.717, 1.165) is 41.9 Å². The maximum atomic E-state index is 14.5. The fourth-order valence-corrected chi connectivity index (χ4v) is 10.3. The lowest BCUT2D eigenvalue weighted by atomic mass is 10.0. The fraction of sp³-hybridized carbons (Fsp3) is 0.621. The molecule has 18 N–H and O–H groups in total. The second-order valence-electron chi connectivity index (χ2n) is 23.4. The van der Waals surface area contributed by atoms with Gasteiger partial charge in [0.25, 0.3) is 5.91 Å². The zero-order chi connectivity index (χ0) is 66.4. The Labute approximate surface area is 538 Å². The zero-order valence-corrected chi connectivity index (χ0v) is 54.3. The van der Waals surface area contributed by atoms with Crippen LogP contribution in [0.25, 0.3) is 10.9 Å². The first-order chi connectivity index (χ1) is 43.9. The lowest BCUT2D eigenvalue weighted by Crippen LogP contribution is -2.59. The molecular formula is C66H108N16O9. The minimum absolute atomic E-state index is 0.000462. The quantitative estimate of drug-likeness (QED) is 0.0163. The van der Waals surface area contributed by atoms with Gasteiger partial charge in [-0.05, 0) is 82.0 Å². The summed E-state index contributed by atoms with van der Waals surface area (Å²) in [7, 11) is 0. The number of carbonyl (C=O) groups is 9. The number of aromatic nitrogens is 1. The number of para-hydroxylation sites is 1. The van der Waals surface area contributed by atoms with E-state index in [0.29, 0.717) is 63.7 Å². The Hall–Kier alpha value is -8.09. The van der Waals surface area contributed by atoms with E-state index in [1.165, 1.54) is 84.0 Å². The van der Waals surface area contributed by atoms with Crippen LogP contribution in [-0.2, 0) is 56.0 Å². The van der Waals surface area contributed by atoms with Crippen molar-refractivity contribution in [2.45, 2.75) is 230 Å². The molecule has 0 unspecified atom stereocenters. The van der Waals surface area contributed by atoms with Crippen LogP contribution in [0, 0.1) is 0 Å². The normalized spacial score (nSPS) is 13.1. The SMILES string of the molecule is CCCCCCCCCCCCCCCCCC(=O)NCCCNC(=O)/C=N/NCC(=O)N[C@@H](CCCC)C(=O)N[C@@H](C)C(=O)N[C@@H](CCCCN)C(=O)N[C@H](Cc1ccccc1)C(=O)N[C@@H](CCCN=C(N)N)C(=O)N[C@@H](Cc1c[nH]c2ccccc12)C(N)=O. The van der Waals surface area contributed by atoms with Gasteiger partial charge in [-0.3, -0.25) is 48.1 Å². The van der Waals surface area contributed by atoms with Crippen molar-refractivity contribution in [2.75, 3.05) is 32.7 Å². The van der Waals surface area contributed by atoms with E-state index in [2.05, 4.69) is 70.0 Å². The van der Waals surface area contributed by atoms with E-state index in [1.807, 2.05) is 31.2 Å². The number of aliphatic imine (C=N–C) groups is 1. The van der Waals surface area contributed by atoms with Crippen LogP contribution >= 0.6 is 0 Å². The van der Waals surface area contributed by atoms with Crippen LogP contribution in [0.15, 0.2) is 70.9 Å². The van der Waals surface area contributed by atoms with Crippen LogP contribution in [0.4, 0.5) is 0 Å². The van der Waals surface area contributed by atoms with Gasteiger partial charge in [0, 0.05) is 56.0 Å². The Bertz CT molecular complexity index is 2700. The first-order valence-electron chi connectivity index (χ1n) is 33.2. The minimum atomic E-state index is -1.30. The number of hydrogen-bond acceptors (Lipinski definition) is 13. The first-order valence-corrected chi connectivity index (χ1v) is 33.2. The third-order valence-corrected chi connectivity index (χ3v) is 15.6. The highest BCUT2D eigenvalue weighted by Gasteiger charge is 2.33. The maximum Gasteiger partial charge on any atom is 0.264 e. The standard InChI is InChI=1S/C66H108N16O9/c1-4-6-8-9-10-11-12-13-14-15-16-17-18-19-23-37-57(83)71-40-29-41-72-58(84)45-75-76-46-59(85)78-52(33-7-5-2)62(88)77-47(3)61(87)79-53(35-26-27-38-67)64(90)82-56(42-48-30-21-20-22-31-48)65(91)80-54(36-28-39-73-66(69)70)63(89)81-55(60(68)86)43-49-44-74-51-34-25-24-32-50(49)51/h20-22,24-25,30-32,34,44-45,47,52-56,74,76H,4-19,23,26-29,33,35-43,46,67H2,1-3H3,(H2,68,86)(H,71,83)(H,72,84)(H,77,88)(H,78,85)(H,79,87)(H,80,91)(H,81,89)(H,82,90)(H4,69,70,73)/b75-45+/t47-,52-,53-,54-,55-,56+/m0/s1. The van der Waals surface area contributed by atoms with Crippen molar-refractivity contribution in [3.05, 3.63) is 71.9 Å². The lowest BCUT2D eigenvalue weighted by molar-refractivity contribution is -0.135. The molecule has 9 amide bonds. The van der Waals surface area contributed by atoms with Gasteiger partial charge in [0.05, 0.1) is 0 Å². The average Bonchev–Trinajstić information content (AvgIpc) is 2.47. The second kappa shape index (κ2) is 46.9. The predicted octanol–water partition coefficient (Wildman–Crippen LogP) is 4.20. The van der Waals surface area contributed by atoms with Crippen LogP contribution in [0.5, 0.6) is 0 Å². The molecule has 0 spiro atoms. The Balaban J connectivity index is 1.53. The van der Waals surface area contributed by atoms with Crippen molar-refractivity contribution in [1.29, 1.82) is 0 Å². The number of benzene rings is 2. The molecule has 0 aliphatic carbocycles. The first kappa shape index (κ1) is 77.2. The van der Waals surface area contributed by atoms with Crippen LogP contribution in [-0.4, -0.2) is 139 Å². The highest BCUT2D eigenvalue weighted by atomic mass is 16.2. The molecule has 506 valence electrons. The number of rotatable bonds is 51. The molecule has 0 saturated carbocycles. The number of amides is 9. The summed E-state index contributed by atoms with van der Waals surface area (Å²) in [6.45, 7) is 6.34. The van der Waals surface area contributed by atoms with Gasteiger partial charge in [-0.15, -0.1) is 0 Å². The van der Waals surface area contributed by atoms with Crippen LogP contribution in [0.2, 0.25) is 0 Å². The Morgan fingerprint density at radius 3 is 1.67 bits per heavy atom. The third-order valence-electron chi connectivity index (χ3n) is 15.6. The number of hydrazone groups is 1. The van der Waals surface area contributed by atoms with Crippen LogP contribution in [0.3, 0.4) is 0 Å². The monoisotopic (exact) mass is 1270 g/mol. The largest absolute Gasteiger partial charge is 0.370 e. The van der Waals surface area contributed by atoms with E-state index in [-0.39, 0.29) is 63.5 Å². The van der Waals surface area contributed by atoms with Gasteiger partial charge in [-0.25, -0.2) is 0 Å². The van der Waals surface area contributed by atoms with Gasteiger partial charge in [0.1, 0.15) is 49.0 Å². The topological polar surface area (TPSA) is 406 Å². The number of carbonyl (C=O) groups excluding carboxylic acids is 9. The van der Waals surface area contributed by atoms with Gasteiger partial charge >= 0.3 is 0 Å². The number of H-pyrrole nitrogens is 1. The summed E-state index contributed by atoms with van der Waals surface area (Å²) in [4.78, 5) is 128. The molecule has 1 heterocycles. The molecule has 2 aromatic carbocycles. The number of primary amides is 1. The molecule has 0 bridgehead atoms. The number of guanidine groups is 1. The molecule has 1 aromatic heterocycles. The number of aromatic amines is 1. The lowest BCUT2D eigenvalue weighted by Gasteiger charge is -2.27. The van der Waals surface area contributed by atoms with Crippen LogP contribution in [0.1, 0.15) is 192 Å². The molecule has 25 heteroatoms. The number of hydrogen-bond donors (Lipinski definition) is 14. The number of nitrogens with zero attached hydrogens (tertiary/aromatic N) is 2. The van der Waals surface area contributed by atoms with Gasteiger partial charge in [0.15, 0.2) is 5.96 Å². The van der Waals surface area contributed by atoms with Crippen LogP contribution < -0.4 is 70.9 Å². The van der Waals surface area contributed by atoms with Gasteiger partial charge in [-0.1, -0.05) is 165 Å². The third kappa shape index (κ3) is 34.1. The zero-order valence-electron chi connectivity index (χ0n) is 54.3. The molecule has 3 rings (SSSR count). The number of unbranched alkanes of at least 4 members (excludes halogenated alkanes) is 16. The summed E-state index contributed by atoms with van der Waals surface area (Å²) in [5, 5.41) is 26.5. The summed E-state index contributed by atoms with van der Waals surface area (Å²) in [5.41, 5.74) is 27.5. The highest BCUT2D eigenvalue weighted by molar-refractivity contribution is 6.26. The number of nitrogens with two attached hydrogens (primary N) is 4. The fourth-order valence-electron chi connectivity index (χ4n) is 10.3. The van der Waals surface area contributed by atoms with Crippen molar-refractivity contribution in [2.24, 2.45) is 33.0 Å². The van der Waals surface area contributed by atoms with Crippen molar-refractivity contribution in [3.8, 4) is 0 Å². The molecule has 0 radical (unpaired) electrons. The molecule has 0 saturated heterocycles. The molecule has 91 heavy (non-hydrogen) atoms. The molecule has 6 atom stereocenters. The number of fused-ring (bicyclic) bond motifs is 1. The molecule has 25 nitrogen and oxygen atoms in total. The Morgan fingerprint density at radius 1 is 0.516 bits per heavy atom. The molecule has 0 fully saturated rings. The van der Waals surface area contributed by atoms with Gasteiger partial charge in [0.2, 0.25) is 47.3 Å². The molecule has 0 aliphatic rings. The van der Waals surface area contributed by atoms with Crippen molar-refractivity contribution >= 4 is 76.2 Å². The van der Waals surface area contributed by atoms with E-state index in [1.54, 1.807) is 36.5 Å². The van der Waals surface area contributed by atoms with Crippen molar-refractivity contribution in [3.63, 3.8) is 0 Å². The molecule has 0 aliphatic heterocycles. The summed E-state index contributed by atoms with van der Waals surface area (Å²) in [5.74, 6) is -5.69. The molecular weight excluding hydrogens is 1160 g/mol. The van der Waals surface area contributed by atoms with Gasteiger partial charge < -0.3 is 75.9 Å². The van der Waals surface area contributed by atoms with Crippen molar-refractivity contribution in [1.82, 2.24) is 52.9 Å². The average molecular weight is 1270 g/mol. The maximum absolute atomic E-state index is 14.5. The molecule has 3 aromatic rings. The summed E-state index contributed by atoms with van der Waals surface area (Å²) >= 11 is 0. The minimum Gasteiger partial charge on any atom is -0.370 e. The van der Waals surface area contributed by atoms with Gasteiger partial charge in [-0.2, -0.15) is 5.10 Å². The predicted molar refractivity (Wildman–Crippen MR) is 358 cm³/mol. The Kier molecular flexibility index (Phi) is 39.8. The number of nitrogens with one attached hydrogen (secondary N) is 10. The smallest absolute Gasteiger partial charge is 0.264 e. The van der Waals surface area contributed by atoms with E-state index in [4.69, 9.17) is 22.9 Å². The summed E-state index contributed by atoms with van der Waals surface area (Å²) in [6.07, 6.45) is 25.4. The second-order valence-corrected chi connectivity index (χ2v) is 23.4. The van der Waals surface area contributed by atoms with E-state index < -0.39 is 83.5 Å². The summed E-state index contributed by atoms with van der Waals surface area (Å²) in [6, 6.07) is 9.05. The summed E-state index contributed by atoms with van der Waals surface area (Å²) < 4.78 is 0. The van der Waals surface area contributed by atoms with Crippen molar-refractivity contribution < 1.29 is 43.2 Å². The Morgan fingerprint density at radius 2 is 1.04 bits per heavy atom.